The molecule has 0 bridgehead atoms. The van der Waals surface area contributed by atoms with E-state index in [1.54, 1.807) is 5.57 Å². The quantitative estimate of drug-likeness (QED) is 0.570. The first-order valence-electron chi connectivity index (χ1n) is 5.12. The fourth-order valence-corrected chi connectivity index (χ4v) is 1.43. The lowest BCUT2D eigenvalue weighted by molar-refractivity contribution is 0.726. The van der Waals surface area contributed by atoms with Gasteiger partial charge in [0.1, 0.15) is 0 Å². The van der Waals surface area contributed by atoms with Gasteiger partial charge in [0.25, 0.3) is 0 Å². The zero-order valence-electron chi connectivity index (χ0n) is 8.88. The standard InChI is InChI=1S/C12H19N/c1-4-11-6-5-7-13-9-12(8-11)10(2)3/h6-7,9-10H,4-5,8H2,1-3H3/b11-6+,12-9+,13-7-. The van der Waals surface area contributed by atoms with Crippen LogP contribution in [0.3, 0.4) is 0 Å². The topological polar surface area (TPSA) is 12.4 Å². The molecule has 0 spiro atoms. The van der Waals surface area contributed by atoms with Crippen LogP contribution in [-0.4, -0.2) is 6.21 Å². The Bertz CT molecular complexity index is 244. The summed E-state index contributed by atoms with van der Waals surface area (Å²) in [5.41, 5.74) is 3.00. The van der Waals surface area contributed by atoms with Gasteiger partial charge >= 0.3 is 0 Å². The first kappa shape index (κ1) is 10.2. The Kier molecular flexibility index (Phi) is 3.94. The average Bonchev–Trinajstić information content (AvgIpc) is 2.03. The Morgan fingerprint density at radius 2 is 2.23 bits per heavy atom. The predicted molar refractivity (Wildman–Crippen MR) is 59.0 cm³/mol. The average molecular weight is 177 g/mol. The number of hydrogen-bond acceptors (Lipinski definition) is 1. The first-order chi connectivity index (χ1) is 6.24. The van der Waals surface area contributed by atoms with E-state index in [2.05, 4.69) is 31.8 Å². The highest BCUT2D eigenvalue weighted by Gasteiger charge is 2.06. The van der Waals surface area contributed by atoms with Crippen LogP contribution in [0.5, 0.6) is 0 Å². The van der Waals surface area contributed by atoms with Gasteiger partial charge in [-0.3, -0.25) is 4.99 Å². The van der Waals surface area contributed by atoms with E-state index < -0.39 is 0 Å². The second kappa shape index (κ2) is 5.00. The molecule has 0 amide bonds. The lowest BCUT2D eigenvalue weighted by Gasteiger charge is -2.13. The van der Waals surface area contributed by atoms with Gasteiger partial charge < -0.3 is 0 Å². The summed E-state index contributed by atoms with van der Waals surface area (Å²) in [4.78, 5) is 4.27. The third kappa shape index (κ3) is 3.17. The first-order valence-corrected chi connectivity index (χ1v) is 5.12. The van der Waals surface area contributed by atoms with E-state index in [0.29, 0.717) is 5.92 Å². The lowest BCUT2D eigenvalue weighted by Crippen LogP contribution is -1.97. The van der Waals surface area contributed by atoms with Crippen LogP contribution in [0.1, 0.15) is 40.0 Å². The SMILES string of the molecule is CC/C1=C\C/C=N\C=C(\C(C)C)C1. The van der Waals surface area contributed by atoms with Crippen molar-refractivity contribution in [2.45, 2.75) is 40.0 Å². The Morgan fingerprint density at radius 3 is 2.85 bits per heavy atom. The summed E-state index contributed by atoms with van der Waals surface area (Å²) in [6.45, 7) is 6.69. The van der Waals surface area contributed by atoms with Gasteiger partial charge in [0, 0.05) is 18.8 Å². The van der Waals surface area contributed by atoms with E-state index in [0.717, 1.165) is 19.3 Å². The Morgan fingerprint density at radius 1 is 1.46 bits per heavy atom. The second-order valence-corrected chi connectivity index (χ2v) is 3.82. The summed E-state index contributed by atoms with van der Waals surface area (Å²) in [6, 6.07) is 0. The second-order valence-electron chi connectivity index (χ2n) is 3.82. The molecule has 1 aliphatic rings. The van der Waals surface area contributed by atoms with E-state index in [1.807, 2.05) is 12.4 Å². The van der Waals surface area contributed by atoms with E-state index in [-0.39, 0.29) is 0 Å². The van der Waals surface area contributed by atoms with Crippen LogP contribution >= 0.6 is 0 Å². The van der Waals surface area contributed by atoms with Gasteiger partial charge in [-0.1, -0.05) is 32.4 Å². The van der Waals surface area contributed by atoms with Crippen molar-refractivity contribution in [2.75, 3.05) is 0 Å². The lowest BCUT2D eigenvalue weighted by atomic mass is 9.94. The molecule has 0 aromatic carbocycles. The van der Waals surface area contributed by atoms with Crippen molar-refractivity contribution in [1.82, 2.24) is 0 Å². The maximum atomic E-state index is 4.27. The van der Waals surface area contributed by atoms with Crippen LogP contribution in [-0.2, 0) is 0 Å². The molecule has 0 saturated carbocycles. The Balaban J connectivity index is 2.78. The van der Waals surface area contributed by atoms with E-state index in [9.17, 15) is 0 Å². The van der Waals surface area contributed by atoms with Gasteiger partial charge in [-0.25, -0.2) is 0 Å². The number of allylic oxidation sites excluding steroid dienone is 3. The molecule has 1 heterocycles. The number of hydrogen-bond donors (Lipinski definition) is 0. The maximum absolute atomic E-state index is 4.27. The van der Waals surface area contributed by atoms with Crippen molar-refractivity contribution < 1.29 is 0 Å². The van der Waals surface area contributed by atoms with Crippen molar-refractivity contribution in [3.63, 3.8) is 0 Å². The molecule has 0 aromatic heterocycles. The monoisotopic (exact) mass is 177 g/mol. The summed E-state index contributed by atoms with van der Waals surface area (Å²) in [6.07, 6.45) is 9.60. The summed E-state index contributed by atoms with van der Waals surface area (Å²) in [7, 11) is 0. The highest BCUT2D eigenvalue weighted by atomic mass is 14.7. The molecular weight excluding hydrogens is 158 g/mol. The fraction of sp³-hybridized carbons (Fsp3) is 0.583. The summed E-state index contributed by atoms with van der Waals surface area (Å²) in [5, 5.41) is 0. The fourth-order valence-electron chi connectivity index (χ4n) is 1.43. The van der Waals surface area contributed by atoms with Crippen molar-refractivity contribution in [2.24, 2.45) is 10.9 Å². The molecule has 0 aliphatic carbocycles. The van der Waals surface area contributed by atoms with Crippen molar-refractivity contribution in [3.05, 3.63) is 23.4 Å². The smallest absolute Gasteiger partial charge is 0.0261 e. The maximum Gasteiger partial charge on any atom is 0.0261 e. The van der Waals surface area contributed by atoms with Crippen molar-refractivity contribution in [3.8, 4) is 0 Å². The minimum absolute atomic E-state index is 0.616. The Hall–Kier alpha value is -0.850. The molecule has 0 N–H and O–H groups in total. The highest BCUT2D eigenvalue weighted by Crippen LogP contribution is 2.22. The third-order valence-corrected chi connectivity index (χ3v) is 2.48. The minimum Gasteiger partial charge on any atom is -0.269 e. The molecular formula is C12H19N. The van der Waals surface area contributed by atoms with Gasteiger partial charge in [0.15, 0.2) is 0 Å². The molecule has 0 aromatic rings. The molecule has 1 aliphatic heterocycles. The van der Waals surface area contributed by atoms with Gasteiger partial charge in [-0.2, -0.15) is 0 Å². The predicted octanol–water partition coefficient (Wildman–Crippen LogP) is 3.73. The van der Waals surface area contributed by atoms with E-state index >= 15 is 0 Å². The largest absolute Gasteiger partial charge is 0.269 e. The summed E-state index contributed by atoms with van der Waals surface area (Å²) >= 11 is 0. The molecule has 0 fully saturated rings. The van der Waals surface area contributed by atoms with Crippen LogP contribution in [0.4, 0.5) is 0 Å². The van der Waals surface area contributed by atoms with E-state index in [1.165, 1.54) is 5.57 Å². The zero-order chi connectivity index (χ0) is 9.68. The highest BCUT2D eigenvalue weighted by molar-refractivity contribution is 5.61. The van der Waals surface area contributed by atoms with Crippen LogP contribution in [0.15, 0.2) is 28.4 Å². The minimum atomic E-state index is 0.616. The van der Waals surface area contributed by atoms with Gasteiger partial charge in [0.05, 0.1) is 0 Å². The van der Waals surface area contributed by atoms with Crippen molar-refractivity contribution in [1.29, 1.82) is 0 Å². The number of nitrogens with zero attached hydrogens (tertiary/aromatic N) is 1. The molecule has 0 unspecified atom stereocenters. The zero-order valence-corrected chi connectivity index (χ0v) is 8.88. The molecule has 0 saturated heterocycles. The summed E-state index contributed by atoms with van der Waals surface area (Å²) in [5.74, 6) is 0.616. The van der Waals surface area contributed by atoms with Gasteiger partial charge in [-0.15, -0.1) is 0 Å². The molecule has 1 heteroatoms. The van der Waals surface area contributed by atoms with E-state index in [4.69, 9.17) is 0 Å². The Labute approximate surface area is 81.3 Å². The molecule has 1 rings (SSSR count). The molecule has 1 nitrogen and oxygen atoms in total. The van der Waals surface area contributed by atoms with Crippen LogP contribution in [0.25, 0.3) is 0 Å². The van der Waals surface area contributed by atoms with Crippen LogP contribution < -0.4 is 0 Å². The van der Waals surface area contributed by atoms with Gasteiger partial charge in [-0.05, 0) is 24.3 Å². The third-order valence-electron chi connectivity index (χ3n) is 2.48. The van der Waals surface area contributed by atoms with Crippen LogP contribution in [0, 0.1) is 5.92 Å². The van der Waals surface area contributed by atoms with Gasteiger partial charge in [0.2, 0.25) is 0 Å². The summed E-state index contributed by atoms with van der Waals surface area (Å²) < 4.78 is 0. The molecule has 0 radical (unpaired) electrons. The number of rotatable bonds is 2. The molecule has 13 heavy (non-hydrogen) atoms. The van der Waals surface area contributed by atoms with Crippen LogP contribution in [0.2, 0.25) is 0 Å². The molecule has 0 atom stereocenters. The van der Waals surface area contributed by atoms with Crippen molar-refractivity contribution >= 4 is 6.21 Å². The number of aliphatic imine (C=N–C) groups is 1. The normalized spacial score (nSPS) is 28.3. The molecule has 72 valence electrons.